The van der Waals surface area contributed by atoms with E-state index < -0.39 is 97.5 Å². The minimum Gasteiger partial charge on any atom is -0.462 e. The summed E-state index contributed by atoms with van der Waals surface area (Å²) in [7, 11) is -9.98. The highest BCUT2D eigenvalue weighted by Gasteiger charge is 2.30. The number of aliphatic hydroxyl groups excluding tert-OH is 1. The zero-order valence-corrected chi connectivity index (χ0v) is 67.2. The normalized spacial score (nSPS) is 14.5. The van der Waals surface area contributed by atoms with Gasteiger partial charge < -0.3 is 33.8 Å². The Bertz CT molecular complexity index is 2440. The van der Waals surface area contributed by atoms with Crippen LogP contribution in [0.1, 0.15) is 336 Å². The highest BCUT2D eigenvalue weighted by Crippen LogP contribution is 2.45. The number of hydrogen-bond acceptors (Lipinski definition) is 15. The van der Waals surface area contributed by atoms with Crippen LogP contribution in [-0.2, 0) is 65.4 Å². The molecule has 3 N–H and O–H groups in total. The molecule has 0 aliphatic carbocycles. The van der Waals surface area contributed by atoms with Crippen molar-refractivity contribution in [3.05, 3.63) is 122 Å². The first kappa shape index (κ1) is 99.5. The van der Waals surface area contributed by atoms with Crippen LogP contribution in [0.5, 0.6) is 0 Å². The zero-order valence-electron chi connectivity index (χ0n) is 65.4. The van der Waals surface area contributed by atoms with Crippen LogP contribution in [0.2, 0.25) is 0 Å². The molecule has 0 aliphatic rings. The predicted octanol–water partition coefficient (Wildman–Crippen LogP) is 23.9. The van der Waals surface area contributed by atoms with E-state index in [-0.39, 0.29) is 25.7 Å². The lowest BCUT2D eigenvalue weighted by molar-refractivity contribution is -0.161. The quantitative estimate of drug-likeness (QED) is 0.0169. The van der Waals surface area contributed by atoms with E-state index >= 15 is 0 Å². The average Bonchev–Trinajstić information content (AvgIpc) is 0.926. The molecule has 0 radical (unpaired) electrons. The Morgan fingerprint density at radius 1 is 0.279 bits per heavy atom. The van der Waals surface area contributed by atoms with Crippen molar-refractivity contribution >= 4 is 39.5 Å². The van der Waals surface area contributed by atoms with E-state index in [0.717, 1.165) is 193 Å². The van der Waals surface area contributed by atoms with Gasteiger partial charge in [0, 0.05) is 25.7 Å². The van der Waals surface area contributed by atoms with Gasteiger partial charge in [-0.1, -0.05) is 278 Å². The molecular formula is C85H146O17P2. The molecule has 598 valence electrons. The predicted molar refractivity (Wildman–Crippen MR) is 427 cm³/mol. The minimum atomic E-state index is -4.99. The van der Waals surface area contributed by atoms with Crippen LogP contribution in [0, 0.1) is 0 Å². The van der Waals surface area contributed by atoms with Gasteiger partial charge in [0.05, 0.1) is 26.4 Å². The number of phosphoric acid groups is 2. The summed E-state index contributed by atoms with van der Waals surface area (Å²) in [5.74, 6) is -2.23. The van der Waals surface area contributed by atoms with E-state index in [9.17, 15) is 43.2 Å². The Morgan fingerprint density at radius 2 is 0.500 bits per heavy atom. The Morgan fingerprint density at radius 3 is 0.779 bits per heavy atom. The molecule has 3 unspecified atom stereocenters. The van der Waals surface area contributed by atoms with Crippen LogP contribution >= 0.6 is 15.6 Å². The van der Waals surface area contributed by atoms with E-state index in [4.69, 9.17) is 37.0 Å². The third-order valence-electron chi connectivity index (χ3n) is 16.9. The topological polar surface area (TPSA) is 237 Å². The highest BCUT2D eigenvalue weighted by atomic mass is 31.2. The molecule has 0 heterocycles. The second kappa shape index (κ2) is 76.6. The van der Waals surface area contributed by atoms with Crippen molar-refractivity contribution in [1.29, 1.82) is 0 Å². The summed E-state index contributed by atoms with van der Waals surface area (Å²) in [6, 6.07) is 0. The van der Waals surface area contributed by atoms with E-state index in [1.807, 2.05) is 0 Å². The lowest BCUT2D eigenvalue weighted by atomic mass is 10.1. The second-order valence-corrected chi connectivity index (χ2v) is 29.8. The summed E-state index contributed by atoms with van der Waals surface area (Å²) < 4.78 is 68.7. The molecule has 5 atom stereocenters. The van der Waals surface area contributed by atoms with Crippen LogP contribution < -0.4 is 0 Å². The van der Waals surface area contributed by atoms with Gasteiger partial charge in [0.15, 0.2) is 12.2 Å². The molecule has 19 heteroatoms. The van der Waals surface area contributed by atoms with E-state index in [0.29, 0.717) is 25.7 Å². The standard InChI is InChI=1S/C85H146O17P2/c1-5-9-13-17-21-25-29-33-37-39-43-46-50-54-58-62-66-70-83(88)96-76-81(102-85(90)72-68-64-60-56-52-48-44-40-38-34-30-26-22-18-14-10-6-2)78-100-104(93,94)98-74-79(86)73-97-103(91,92)99-77-80(101-84(89)71-67-63-59-55-51-47-42-36-32-28-24-20-16-12-8-4)75-95-82(87)69-65-61-57-53-49-45-41-35-31-27-23-19-15-11-7-3/h9-10,13-14,21-22,25-28,31-34,37-38,43-44,46,48,79-81,86H,5-8,11-12,15-20,23-24,29-30,35-36,39-42,45,47,49-78H2,1-4H3,(H,91,92)(H,93,94)/t79?,80-,81-/m1/s1. The van der Waals surface area contributed by atoms with Crippen LogP contribution in [0.15, 0.2) is 122 Å². The van der Waals surface area contributed by atoms with Crippen LogP contribution in [-0.4, -0.2) is 96.7 Å². The number of allylic oxidation sites excluding steroid dienone is 20. The van der Waals surface area contributed by atoms with Crippen molar-refractivity contribution in [2.45, 2.75) is 354 Å². The molecule has 0 spiro atoms. The van der Waals surface area contributed by atoms with Crippen LogP contribution in [0.4, 0.5) is 0 Å². The number of carbonyl (C=O) groups excluding carboxylic acids is 4. The maximum atomic E-state index is 13.1. The monoisotopic (exact) mass is 1500 g/mol. The SMILES string of the molecule is CCC=CCC=CCC=CCC=CCCCCCCC(=O)OC[C@H](COP(=O)(O)OCC(O)COP(=O)(O)OC[C@@H](COC(=O)CCCCCCCCCC=CCCCCCC)OC(=O)CCCCCCCCCC=CCCCCCC)OC(=O)CCCCCCC=CCC=CCC=CCC=CCC. The third kappa shape index (κ3) is 75.7. The van der Waals surface area contributed by atoms with Crippen molar-refractivity contribution < 1.29 is 80.2 Å². The molecule has 0 aromatic rings. The molecule has 0 saturated carbocycles. The van der Waals surface area contributed by atoms with Gasteiger partial charge in [-0.05, 0) is 154 Å². The Labute approximate surface area is 632 Å². The molecule has 104 heavy (non-hydrogen) atoms. The van der Waals surface area contributed by atoms with Crippen molar-refractivity contribution in [3.8, 4) is 0 Å². The van der Waals surface area contributed by atoms with Crippen molar-refractivity contribution in [1.82, 2.24) is 0 Å². The average molecular weight is 1500 g/mol. The molecule has 0 fully saturated rings. The zero-order chi connectivity index (χ0) is 76.0. The smallest absolute Gasteiger partial charge is 0.462 e. The number of ether oxygens (including phenoxy) is 4. The Balaban J connectivity index is 5.41. The molecular weight excluding hydrogens is 1350 g/mol. The maximum absolute atomic E-state index is 13.1. The fourth-order valence-electron chi connectivity index (χ4n) is 10.7. The number of rotatable bonds is 76. The third-order valence-corrected chi connectivity index (χ3v) is 18.8. The fraction of sp³-hybridized carbons (Fsp3) is 0.718. The second-order valence-electron chi connectivity index (χ2n) is 26.9. The molecule has 0 amide bonds. The van der Waals surface area contributed by atoms with Gasteiger partial charge in [-0.15, -0.1) is 0 Å². The van der Waals surface area contributed by atoms with Crippen LogP contribution in [0.3, 0.4) is 0 Å². The molecule has 0 rings (SSSR count). The van der Waals surface area contributed by atoms with Gasteiger partial charge in [-0.3, -0.25) is 37.3 Å². The van der Waals surface area contributed by atoms with E-state index in [1.54, 1.807) is 0 Å². The summed E-state index contributed by atoms with van der Waals surface area (Å²) in [5.41, 5.74) is 0. The van der Waals surface area contributed by atoms with Gasteiger partial charge in [-0.2, -0.15) is 0 Å². The Kier molecular flexibility index (Phi) is 73.3. The molecule has 0 aromatic carbocycles. The molecule has 0 saturated heterocycles. The lowest BCUT2D eigenvalue weighted by Crippen LogP contribution is -2.30. The number of phosphoric ester groups is 2. The van der Waals surface area contributed by atoms with Gasteiger partial charge in [0.2, 0.25) is 0 Å². The summed E-state index contributed by atoms with van der Waals surface area (Å²) in [6.07, 6.45) is 84.5. The number of esters is 4. The first-order chi connectivity index (χ1) is 50.7. The first-order valence-corrected chi connectivity index (χ1v) is 43.8. The Hall–Kier alpha value is -4.54. The lowest BCUT2D eigenvalue weighted by Gasteiger charge is -2.21. The van der Waals surface area contributed by atoms with Crippen molar-refractivity contribution in [2.24, 2.45) is 0 Å². The maximum Gasteiger partial charge on any atom is 0.472 e. The number of carbonyl (C=O) groups is 4. The molecule has 0 aromatic heterocycles. The largest absolute Gasteiger partial charge is 0.472 e. The van der Waals surface area contributed by atoms with Crippen molar-refractivity contribution in [2.75, 3.05) is 39.6 Å². The molecule has 0 bridgehead atoms. The van der Waals surface area contributed by atoms with E-state index in [1.165, 1.54) is 64.2 Å². The highest BCUT2D eigenvalue weighted by molar-refractivity contribution is 7.47. The summed E-state index contributed by atoms with van der Waals surface area (Å²) in [6.45, 7) is 4.59. The minimum absolute atomic E-state index is 0.0588. The van der Waals surface area contributed by atoms with Crippen LogP contribution in [0.25, 0.3) is 0 Å². The van der Waals surface area contributed by atoms with Gasteiger partial charge in [0.1, 0.15) is 19.3 Å². The first-order valence-electron chi connectivity index (χ1n) is 40.8. The molecule has 17 nitrogen and oxygen atoms in total. The van der Waals surface area contributed by atoms with Gasteiger partial charge >= 0.3 is 39.5 Å². The number of aliphatic hydroxyl groups is 1. The summed E-state index contributed by atoms with van der Waals surface area (Å²) in [4.78, 5) is 73.1. The molecule has 0 aliphatic heterocycles. The van der Waals surface area contributed by atoms with E-state index in [2.05, 4.69) is 149 Å². The van der Waals surface area contributed by atoms with Gasteiger partial charge in [-0.25, -0.2) is 9.13 Å². The number of hydrogen-bond donors (Lipinski definition) is 3. The van der Waals surface area contributed by atoms with Crippen molar-refractivity contribution in [3.63, 3.8) is 0 Å². The summed E-state index contributed by atoms with van der Waals surface area (Å²) in [5, 5.41) is 10.7. The fourth-order valence-corrected chi connectivity index (χ4v) is 12.3. The van der Waals surface area contributed by atoms with Gasteiger partial charge in [0.25, 0.3) is 0 Å². The number of unbranched alkanes of at least 4 members (excludes halogenated alkanes) is 30. The summed E-state index contributed by atoms with van der Waals surface area (Å²) >= 11 is 0.